The van der Waals surface area contributed by atoms with Gasteiger partial charge in [0, 0.05) is 17.5 Å². The molecule has 0 aromatic heterocycles. The maximum atomic E-state index is 5.91. The molecule has 0 atom stereocenters. The number of methoxy groups -OCH3 is 1. The van der Waals surface area contributed by atoms with E-state index in [1.165, 1.54) is 16.3 Å². The van der Waals surface area contributed by atoms with E-state index < -0.39 is 0 Å². The number of hydrogen-bond acceptors (Lipinski definition) is 6. The predicted molar refractivity (Wildman–Crippen MR) is 132 cm³/mol. The number of hydrogen-bond donors (Lipinski definition) is 1. The molecule has 0 spiro atoms. The van der Waals surface area contributed by atoms with Crippen molar-refractivity contribution >= 4 is 35.7 Å². The molecule has 5 nitrogen and oxygen atoms in total. The summed E-state index contributed by atoms with van der Waals surface area (Å²) in [6.07, 6.45) is 2.04. The van der Waals surface area contributed by atoms with Gasteiger partial charge in [0.2, 0.25) is 12.3 Å². The van der Waals surface area contributed by atoms with Crippen molar-refractivity contribution in [2.45, 2.75) is 31.2 Å². The zero-order chi connectivity index (χ0) is 21.9. The molecule has 0 saturated heterocycles. The molecule has 0 heterocycles. The number of nitrogens with zero attached hydrogens (tertiary/aromatic N) is 2. The maximum Gasteiger partial charge on any atom is 1.00 e. The van der Waals surface area contributed by atoms with Crippen LogP contribution < -0.4 is 60.3 Å². The van der Waals surface area contributed by atoms with Crippen LogP contribution >= 0.6 is 25.0 Å². The van der Waals surface area contributed by atoms with Crippen molar-refractivity contribution in [3.05, 3.63) is 71.5 Å². The van der Waals surface area contributed by atoms with Crippen LogP contribution in [0, 0.1) is 0 Å². The molecular formula is C24H29KN2O3S2. The Labute approximate surface area is 243 Å². The zero-order valence-corrected chi connectivity index (χ0v) is 23.8. The SMILES string of the molecule is CC[N-]CCCCN(Cc1ccc2ccccc2c1)OSOc1ccc(S)c(OC)c1.[K+]. The van der Waals surface area contributed by atoms with E-state index >= 15 is 0 Å². The second-order valence-corrected chi connectivity index (χ2v) is 8.01. The van der Waals surface area contributed by atoms with Crippen LogP contribution in [0.15, 0.2) is 65.6 Å². The standard InChI is InChI=1S/C24H29N2O3S2.K/c1-3-25-14-6-7-15-26(18-19-10-11-20-8-4-5-9-21(20)16-19)29-31-28-22-12-13-24(30)23(17-22)27-2;/h4-5,8-13,16-17,30H,3,6-7,14-15,18H2,1-2H3;/q-1;+1. The Bertz CT molecular complexity index is 961. The summed E-state index contributed by atoms with van der Waals surface area (Å²) < 4.78 is 16.9. The average molecular weight is 497 g/mol. The van der Waals surface area contributed by atoms with E-state index in [4.69, 9.17) is 13.2 Å². The van der Waals surface area contributed by atoms with Crippen LogP contribution in [-0.2, 0) is 10.8 Å². The van der Waals surface area contributed by atoms with E-state index in [9.17, 15) is 0 Å². The first kappa shape index (κ1) is 28.0. The number of hydroxylamine groups is 2. The molecule has 3 rings (SSSR count). The van der Waals surface area contributed by atoms with E-state index in [2.05, 4.69) is 67.3 Å². The molecule has 0 amide bonds. The number of benzene rings is 3. The van der Waals surface area contributed by atoms with Crippen molar-refractivity contribution in [1.82, 2.24) is 5.06 Å². The van der Waals surface area contributed by atoms with Crippen LogP contribution in [-0.4, -0.2) is 31.8 Å². The normalized spacial score (nSPS) is 10.9. The molecular weight excluding hydrogens is 468 g/mol. The van der Waals surface area contributed by atoms with Crippen molar-refractivity contribution < 1.29 is 64.6 Å². The Hall–Kier alpha value is -0.264. The van der Waals surface area contributed by atoms with E-state index in [0.717, 1.165) is 49.7 Å². The van der Waals surface area contributed by atoms with Gasteiger partial charge in [-0.15, -0.1) is 19.2 Å². The number of ether oxygens (including phenoxy) is 1. The summed E-state index contributed by atoms with van der Waals surface area (Å²) in [7, 11) is 1.61. The summed E-state index contributed by atoms with van der Waals surface area (Å²) in [5.41, 5.74) is 1.19. The fourth-order valence-corrected chi connectivity index (χ4v) is 3.82. The van der Waals surface area contributed by atoms with Gasteiger partial charge in [-0.2, -0.15) is 15.9 Å². The average Bonchev–Trinajstić information content (AvgIpc) is 2.79. The van der Waals surface area contributed by atoms with Gasteiger partial charge in [0.15, 0.2) is 0 Å². The molecule has 3 aromatic carbocycles. The Morgan fingerprint density at radius 2 is 1.81 bits per heavy atom. The third-order valence-electron chi connectivity index (χ3n) is 4.79. The van der Waals surface area contributed by atoms with Gasteiger partial charge in [-0.05, 0) is 41.0 Å². The minimum Gasteiger partial charge on any atom is -0.662 e. The molecule has 166 valence electrons. The Morgan fingerprint density at radius 3 is 2.59 bits per heavy atom. The fourth-order valence-electron chi connectivity index (χ4n) is 3.16. The molecule has 32 heavy (non-hydrogen) atoms. The molecule has 0 aliphatic carbocycles. The monoisotopic (exact) mass is 496 g/mol. The van der Waals surface area contributed by atoms with Gasteiger partial charge < -0.3 is 14.2 Å². The Kier molecular flexibility index (Phi) is 13.6. The molecule has 0 unspecified atom stereocenters. The summed E-state index contributed by atoms with van der Waals surface area (Å²) in [6.45, 7) is 5.29. The van der Waals surface area contributed by atoms with E-state index in [-0.39, 0.29) is 51.4 Å². The number of thiol groups is 1. The second kappa shape index (κ2) is 15.6. The summed E-state index contributed by atoms with van der Waals surface area (Å²) >= 11 is 5.31. The van der Waals surface area contributed by atoms with Crippen LogP contribution in [0.2, 0.25) is 0 Å². The van der Waals surface area contributed by atoms with Crippen LogP contribution in [0.25, 0.3) is 16.1 Å². The van der Waals surface area contributed by atoms with Crippen molar-refractivity contribution in [2.75, 3.05) is 26.7 Å². The minimum absolute atomic E-state index is 0. The second-order valence-electron chi connectivity index (χ2n) is 7.08. The molecule has 8 heteroatoms. The van der Waals surface area contributed by atoms with Crippen LogP contribution in [0.1, 0.15) is 25.3 Å². The third-order valence-corrected chi connectivity index (χ3v) is 5.69. The fraction of sp³-hybridized carbons (Fsp3) is 0.333. The zero-order valence-electron chi connectivity index (χ0n) is 19.0. The number of unbranched alkanes of at least 4 members (excludes halogenated alkanes) is 1. The van der Waals surface area contributed by atoms with E-state index in [1.807, 2.05) is 17.2 Å². The van der Waals surface area contributed by atoms with Gasteiger partial charge in [0.25, 0.3) is 0 Å². The maximum absolute atomic E-state index is 5.91. The summed E-state index contributed by atoms with van der Waals surface area (Å²) in [5, 5.41) is 8.80. The largest absolute Gasteiger partial charge is 1.00 e. The van der Waals surface area contributed by atoms with E-state index in [0.29, 0.717) is 18.0 Å². The van der Waals surface area contributed by atoms with Crippen molar-refractivity contribution in [2.24, 2.45) is 0 Å². The molecule has 0 N–H and O–H groups in total. The molecule has 0 bridgehead atoms. The van der Waals surface area contributed by atoms with Gasteiger partial charge in [0.05, 0.1) is 13.7 Å². The molecule has 3 aromatic rings. The summed E-state index contributed by atoms with van der Waals surface area (Å²) in [5.74, 6) is 1.31. The first-order valence-corrected chi connectivity index (χ1v) is 11.5. The van der Waals surface area contributed by atoms with Crippen LogP contribution in [0.3, 0.4) is 0 Å². The van der Waals surface area contributed by atoms with Gasteiger partial charge in [0.1, 0.15) is 11.5 Å². The van der Waals surface area contributed by atoms with Crippen LogP contribution in [0.4, 0.5) is 0 Å². The summed E-state index contributed by atoms with van der Waals surface area (Å²) in [4.78, 5) is 0.760. The van der Waals surface area contributed by atoms with Crippen molar-refractivity contribution in [3.63, 3.8) is 0 Å². The number of rotatable bonds is 13. The Morgan fingerprint density at radius 1 is 1.00 bits per heavy atom. The van der Waals surface area contributed by atoms with Gasteiger partial charge in [-0.1, -0.05) is 49.7 Å². The van der Waals surface area contributed by atoms with Gasteiger partial charge in [-0.25, -0.2) is 0 Å². The van der Waals surface area contributed by atoms with Crippen LogP contribution in [0.5, 0.6) is 11.5 Å². The smallest absolute Gasteiger partial charge is 0.662 e. The minimum atomic E-state index is 0. The molecule has 0 fully saturated rings. The van der Waals surface area contributed by atoms with Crippen molar-refractivity contribution in [3.8, 4) is 11.5 Å². The van der Waals surface area contributed by atoms with Crippen molar-refractivity contribution in [1.29, 1.82) is 0 Å². The number of fused-ring (bicyclic) bond motifs is 1. The topological polar surface area (TPSA) is 45.0 Å². The Balaban J connectivity index is 0.00000363. The molecule has 0 aliphatic rings. The van der Waals surface area contributed by atoms with E-state index in [1.54, 1.807) is 13.2 Å². The third kappa shape index (κ3) is 9.17. The predicted octanol–water partition coefficient (Wildman–Crippen LogP) is 3.69. The molecule has 0 saturated carbocycles. The summed E-state index contributed by atoms with van der Waals surface area (Å²) in [6, 6.07) is 20.3. The first-order valence-electron chi connectivity index (χ1n) is 10.4. The molecule has 0 aliphatic heterocycles. The van der Waals surface area contributed by atoms with Gasteiger partial charge >= 0.3 is 51.4 Å². The quantitative estimate of drug-likeness (QED) is 0.129. The van der Waals surface area contributed by atoms with Gasteiger partial charge in [-0.3, -0.25) is 0 Å². The first-order chi connectivity index (χ1) is 15.2. The molecule has 0 radical (unpaired) electrons.